The van der Waals surface area contributed by atoms with Gasteiger partial charge < -0.3 is 24.4 Å². The maximum atomic E-state index is 12.6. The molecular weight excluding hydrogens is 372 g/mol. The first-order chi connectivity index (χ1) is 14.0. The molecule has 1 heterocycles. The number of carbonyl (C=O) groups is 1. The highest BCUT2D eigenvalue weighted by Gasteiger charge is 2.31. The molecule has 0 saturated heterocycles. The van der Waals surface area contributed by atoms with Crippen molar-refractivity contribution in [3.8, 4) is 28.7 Å². The third-order valence-corrected chi connectivity index (χ3v) is 4.84. The van der Waals surface area contributed by atoms with E-state index in [2.05, 4.69) is 13.8 Å². The van der Waals surface area contributed by atoms with Gasteiger partial charge in [-0.3, -0.25) is 4.79 Å². The Morgan fingerprint density at radius 3 is 2.38 bits per heavy atom. The van der Waals surface area contributed by atoms with Crippen molar-refractivity contribution in [1.29, 1.82) is 0 Å². The fourth-order valence-electron chi connectivity index (χ4n) is 3.22. The number of carbonyl (C=O) groups excluding carboxylic acids is 1. The van der Waals surface area contributed by atoms with Crippen LogP contribution in [-0.4, -0.2) is 29.2 Å². The molecule has 2 aromatic carbocycles. The molecule has 2 aromatic rings. The quantitative estimate of drug-likeness (QED) is 0.566. The van der Waals surface area contributed by atoms with E-state index in [0.29, 0.717) is 24.7 Å². The molecule has 0 spiro atoms. The maximum Gasteiger partial charge on any atom is 0.174 e. The first-order valence-corrected chi connectivity index (χ1v) is 10.2. The normalized spacial score (nSPS) is 15.5. The molecule has 156 valence electrons. The Morgan fingerprint density at radius 1 is 1.00 bits per heavy atom. The number of hydrogen-bond acceptors (Lipinski definition) is 6. The average Bonchev–Trinajstić information content (AvgIpc) is 2.68. The average molecular weight is 400 g/mol. The molecule has 1 unspecified atom stereocenters. The second-order valence-corrected chi connectivity index (χ2v) is 7.18. The van der Waals surface area contributed by atoms with Gasteiger partial charge >= 0.3 is 0 Å². The van der Waals surface area contributed by atoms with E-state index < -0.39 is 6.10 Å². The molecule has 1 atom stereocenters. The predicted octanol–water partition coefficient (Wildman–Crippen LogP) is 5.16. The number of ketones is 1. The summed E-state index contributed by atoms with van der Waals surface area (Å²) in [6.07, 6.45) is 3.52. The van der Waals surface area contributed by atoms with Gasteiger partial charge in [0, 0.05) is 12.1 Å². The van der Waals surface area contributed by atoms with Crippen molar-refractivity contribution in [3.05, 3.63) is 41.5 Å². The van der Waals surface area contributed by atoms with Crippen molar-refractivity contribution in [2.24, 2.45) is 0 Å². The molecule has 6 heteroatoms. The third-order valence-electron chi connectivity index (χ3n) is 4.84. The standard InChI is InChI=1S/C23H28O6/c1-3-5-9-27-19-8-7-15(11-21(19)28-10-6-4-2)20-14-18(26)23-17(25)12-16(24)13-22(23)29-20/h7-8,11-13,20,24-25H,3-6,9-10,14H2,1-2H3. The minimum Gasteiger partial charge on any atom is -0.508 e. The lowest BCUT2D eigenvalue weighted by Crippen LogP contribution is -2.20. The topological polar surface area (TPSA) is 85.2 Å². The lowest BCUT2D eigenvalue weighted by atomic mass is 9.95. The zero-order chi connectivity index (χ0) is 20.8. The molecule has 0 aliphatic carbocycles. The molecule has 29 heavy (non-hydrogen) atoms. The smallest absolute Gasteiger partial charge is 0.174 e. The van der Waals surface area contributed by atoms with E-state index in [1.54, 1.807) is 0 Å². The van der Waals surface area contributed by atoms with Gasteiger partial charge in [-0.05, 0) is 30.5 Å². The lowest BCUT2D eigenvalue weighted by molar-refractivity contribution is 0.0844. The highest BCUT2D eigenvalue weighted by molar-refractivity contribution is 6.02. The second kappa shape index (κ2) is 9.54. The number of Topliss-reactive ketones (excluding diaryl/α,β-unsaturated/α-hetero) is 1. The Kier molecular flexibility index (Phi) is 6.86. The van der Waals surface area contributed by atoms with Crippen molar-refractivity contribution < 1.29 is 29.2 Å². The SMILES string of the molecule is CCCCOc1ccc(C2CC(=O)c3c(O)cc(O)cc3O2)cc1OCCCC. The summed E-state index contributed by atoms with van der Waals surface area (Å²) < 4.78 is 17.7. The molecule has 0 fully saturated rings. The van der Waals surface area contributed by atoms with Crippen LogP contribution in [0.5, 0.6) is 28.7 Å². The lowest BCUT2D eigenvalue weighted by Gasteiger charge is -2.26. The van der Waals surface area contributed by atoms with Gasteiger partial charge in [0.15, 0.2) is 17.3 Å². The highest BCUT2D eigenvalue weighted by atomic mass is 16.5. The van der Waals surface area contributed by atoms with E-state index >= 15 is 0 Å². The summed E-state index contributed by atoms with van der Waals surface area (Å²) in [5, 5.41) is 19.7. The van der Waals surface area contributed by atoms with E-state index in [1.807, 2.05) is 18.2 Å². The van der Waals surface area contributed by atoms with Gasteiger partial charge in [0.25, 0.3) is 0 Å². The van der Waals surface area contributed by atoms with Crippen LogP contribution in [0.25, 0.3) is 0 Å². The molecule has 0 bridgehead atoms. The van der Waals surface area contributed by atoms with E-state index in [9.17, 15) is 15.0 Å². The minimum absolute atomic E-state index is 0.0930. The van der Waals surface area contributed by atoms with Gasteiger partial charge in [-0.15, -0.1) is 0 Å². The minimum atomic E-state index is -0.533. The number of fused-ring (bicyclic) bond motifs is 1. The van der Waals surface area contributed by atoms with Crippen molar-refractivity contribution in [1.82, 2.24) is 0 Å². The molecule has 3 rings (SSSR count). The van der Waals surface area contributed by atoms with Crippen LogP contribution in [0.4, 0.5) is 0 Å². The molecule has 6 nitrogen and oxygen atoms in total. The Balaban J connectivity index is 1.85. The fraction of sp³-hybridized carbons (Fsp3) is 0.435. The second-order valence-electron chi connectivity index (χ2n) is 7.18. The van der Waals surface area contributed by atoms with E-state index in [1.165, 1.54) is 6.07 Å². The van der Waals surface area contributed by atoms with E-state index in [-0.39, 0.29) is 35.0 Å². The Hall–Kier alpha value is -2.89. The number of benzene rings is 2. The summed E-state index contributed by atoms with van der Waals surface area (Å²) >= 11 is 0. The van der Waals surface area contributed by atoms with E-state index in [0.717, 1.165) is 37.3 Å². The number of hydrogen-bond donors (Lipinski definition) is 2. The summed E-state index contributed by atoms with van der Waals surface area (Å²) in [5.41, 5.74) is 0.888. The van der Waals surface area contributed by atoms with Gasteiger partial charge in [-0.2, -0.15) is 0 Å². The molecule has 2 N–H and O–H groups in total. The summed E-state index contributed by atoms with van der Waals surface area (Å²) in [7, 11) is 0. The summed E-state index contributed by atoms with van der Waals surface area (Å²) in [4.78, 5) is 12.6. The number of phenolic OH excluding ortho intramolecular Hbond substituents is 2. The van der Waals surface area contributed by atoms with E-state index in [4.69, 9.17) is 14.2 Å². The first kappa shape index (κ1) is 20.8. The first-order valence-electron chi connectivity index (χ1n) is 10.2. The van der Waals surface area contributed by atoms with Gasteiger partial charge in [0.05, 0.1) is 19.6 Å². The Bertz CT molecular complexity index is 861. The van der Waals surface area contributed by atoms with Crippen molar-refractivity contribution >= 4 is 5.78 Å². The largest absolute Gasteiger partial charge is 0.508 e. The predicted molar refractivity (Wildman–Crippen MR) is 109 cm³/mol. The van der Waals surface area contributed by atoms with Crippen LogP contribution in [0.15, 0.2) is 30.3 Å². The molecule has 0 saturated carbocycles. The molecular formula is C23H28O6. The number of ether oxygens (including phenoxy) is 3. The number of aromatic hydroxyl groups is 2. The van der Waals surface area contributed by atoms with Crippen LogP contribution in [0.2, 0.25) is 0 Å². The maximum absolute atomic E-state index is 12.6. The van der Waals surface area contributed by atoms with Gasteiger partial charge in [-0.25, -0.2) is 0 Å². The monoisotopic (exact) mass is 400 g/mol. The number of rotatable bonds is 9. The molecule has 1 aliphatic rings. The molecule has 0 amide bonds. The van der Waals surface area contributed by atoms with Crippen LogP contribution in [-0.2, 0) is 0 Å². The number of unbranched alkanes of at least 4 members (excludes halogenated alkanes) is 2. The van der Waals surface area contributed by atoms with Crippen molar-refractivity contribution in [2.45, 2.75) is 52.1 Å². The summed E-state index contributed by atoms with van der Waals surface area (Å²) in [6, 6.07) is 8.04. The summed E-state index contributed by atoms with van der Waals surface area (Å²) in [5.74, 6) is 0.833. The van der Waals surface area contributed by atoms with Crippen molar-refractivity contribution in [3.63, 3.8) is 0 Å². The molecule has 0 aromatic heterocycles. The zero-order valence-corrected chi connectivity index (χ0v) is 16.9. The van der Waals surface area contributed by atoms with Gasteiger partial charge in [0.1, 0.15) is 28.9 Å². The van der Waals surface area contributed by atoms with Crippen LogP contribution in [0.3, 0.4) is 0 Å². The van der Waals surface area contributed by atoms with Crippen LogP contribution in [0, 0.1) is 0 Å². The third kappa shape index (κ3) is 4.94. The highest BCUT2D eigenvalue weighted by Crippen LogP contribution is 2.42. The number of phenols is 2. The van der Waals surface area contributed by atoms with Crippen LogP contribution in [0.1, 0.15) is 68.0 Å². The van der Waals surface area contributed by atoms with Crippen LogP contribution >= 0.6 is 0 Å². The van der Waals surface area contributed by atoms with Crippen molar-refractivity contribution in [2.75, 3.05) is 13.2 Å². The Labute approximate surface area is 171 Å². The Morgan fingerprint density at radius 2 is 1.69 bits per heavy atom. The fourth-order valence-corrected chi connectivity index (χ4v) is 3.22. The molecule has 1 aliphatic heterocycles. The molecule has 0 radical (unpaired) electrons. The van der Waals surface area contributed by atoms with Gasteiger partial charge in [0.2, 0.25) is 0 Å². The zero-order valence-electron chi connectivity index (χ0n) is 16.9. The summed E-state index contributed by atoms with van der Waals surface area (Å²) in [6.45, 7) is 5.40. The van der Waals surface area contributed by atoms with Crippen LogP contribution < -0.4 is 14.2 Å². The van der Waals surface area contributed by atoms with Gasteiger partial charge in [-0.1, -0.05) is 32.8 Å².